The zero-order chi connectivity index (χ0) is 30.5. The van der Waals surface area contributed by atoms with Crippen LogP contribution in [0.3, 0.4) is 0 Å². The summed E-state index contributed by atoms with van der Waals surface area (Å²) < 4.78 is 23.5. The number of rotatable bonds is 5. The van der Waals surface area contributed by atoms with Crippen molar-refractivity contribution in [3.63, 3.8) is 0 Å². The number of aromatic nitrogens is 2. The number of nitrogens with one attached hydrogen (secondary N) is 1. The number of anilines is 2. The van der Waals surface area contributed by atoms with Crippen LogP contribution in [0, 0.1) is 11.2 Å². The molecule has 43 heavy (non-hydrogen) atoms. The molecule has 1 aliphatic heterocycles. The summed E-state index contributed by atoms with van der Waals surface area (Å²) in [6.07, 6.45) is 2.12. The van der Waals surface area contributed by atoms with Crippen molar-refractivity contribution in [2.45, 2.75) is 39.3 Å². The number of ether oxygens (including phenoxy) is 1. The molecule has 1 amide bonds. The smallest absolute Gasteiger partial charge is 0.281 e. The third-order valence-corrected chi connectivity index (χ3v) is 8.00. The highest BCUT2D eigenvalue weighted by atomic mass is 35.5. The number of ketones is 1. The van der Waals surface area contributed by atoms with Crippen molar-refractivity contribution < 1.29 is 23.8 Å². The van der Waals surface area contributed by atoms with Crippen LogP contribution in [-0.2, 0) is 18.4 Å². The number of allylic oxidation sites excluding steroid dienone is 1. The van der Waals surface area contributed by atoms with Gasteiger partial charge in [0.05, 0.1) is 16.8 Å². The molecule has 2 heterocycles. The van der Waals surface area contributed by atoms with Gasteiger partial charge in [0.15, 0.2) is 11.5 Å². The van der Waals surface area contributed by atoms with Crippen molar-refractivity contribution >= 4 is 34.7 Å². The molecule has 1 aliphatic carbocycles. The van der Waals surface area contributed by atoms with Crippen molar-refractivity contribution in [2.24, 2.45) is 12.5 Å². The molecule has 0 spiro atoms. The first-order valence-electron chi connectivity index (χ1n) is 13.9. The number of amides is 1. The summed E-state index contributed by atoms with van der Waals surface area (Å²) in [5, 5.41) is 18.6. The molecule has 2 N–H and O–H groups in total. The van der Waals surface area contributed by atoms with E-state index in [-0.39, 0.29) is 57.8 Å². The number of carbonyl (C=O) groups is 2. The van der Waals surface area contributed by atoms with Gasteiger partial charge in [0.1, 0.15) is 29.6 Å². The average molecular weight is 601 g/mol. The van der Waals surface area contributed by atoms with E-state index in [0.717, 1.165) is 5.56 Å². The maximum atomic E-state index is 16.2. The highest BCUT2D eigenvalue weighted by Gasteiger charge is 2.45. The van der Waals surface area contributed by atoms with E-state index >= 15 is 4.39 Å². The van der Waals surface area contributed by atoms with E-state index in [1.165, 1.54) is 34.0 Å². The molecule has 0 fully saturated rings. The van der Waals surface area contributed by atoms with Gasteiger partial charge in [-0.15, -0.1) is 0 Å². The lowest BCUT2D eigenvalue weighted by molar-refractivity contribution is -0.118. The van der Waals surface area contributed by atoms with Crippen LogP contribution in [0.25, 0.3) is 0 Å². The first kappa shape index (κ1) is 28.5. The average Bonchev–Trinajstić information content (AvgIpc) is 3.22. The Bertz CT molecular complexity index is 1780. The van der Waals surface area contributed by atoms with Crippen molar-refractivity contribution in [1.29, 1.82) is 0 Å². The first-order valence-corrected chi connectivity index (χ1v) is 14.2. The van der Waals surface area contributed by atoms with Crippen molar-refractivity contribution in [2.75, 3.05) is 10.2 Å². The number of phenolic OH excluding ortho intramolecular Hbond substituents is 1. The van der Waals surface area contributed by atoms with Gasteiger partial charge in [-0.1, -0.05) is 61.8 Å². The maximum absolute atomic E-state index is 16.2. The Morgan fingerprint density at radius 3 is 2.60 bits per heavy atom. The van der Waals surface area contributed by atoms with E-state index in [1.807, 2.05) is 44.2 Å². The van der Waals surface area contributed by atoms with Gasteiger partial charge in [0.2, 0.25) is 0 Å². The van der Waals surface area contributed by atoms with Gasteiger partial charge in [0, 0.05) is 42.6 Å². The summed E-state index contributed by atoms with van der Waals surface area (Å²) in [7, 11) is 1.63. The molecule has 4 aromatic rings. The standard InChI is InChI=1S/C33H30ClFN4O4/c1-33(2)15-24-28(27(41)16-33)31(21-13-12-20(14-23(21)35)43-18-19-8-5-4-6-9-19)39(25-10-7-11-26(40)30(25)36-24)32(42)29-22(34)17-38(3)37-29/h4-14,17,31,36,40H,15-16,18H2,1-3H3. The number of benzene rings is 3. The number of hydrogen-bond acceptors (Lipinski definition) is 6. The van der Waals surface area contributed by atoms with Gasteiger partial charge in [-0.25, -0.2) is 4.39 Å². The SMILES string of the molecule is Cn1cc(Cl)c(C(=O)N2c3cccc(O)c3NC3=C(C(=O)CC(C)(C)C3)C2c2ccc(OCc3ccccc3)cc2F)n1. The van der Waals surface area contributed by atoms with Crippen LogP contribution in [0.4, 0.5) is 15.8 Å². The van der Waals surface area contributed by atoms with Gasteiger partial charge >= 0.3 is 0 Å². The van der Waals surface area contributed by atoms with Gasteiger partial charge in [-0.2, -0.15) is 5.10 Å². The van der Waals surface area contributed by atoms with E-state index < -0.39 is 23.2 Å². The summed E-state index contributed by atoms with van der Waals surface area (Å²) in [6.45, 7) is 4.18. The predicted molar refractivity (Wildman–Crippen MR) is 162 cm³/mol. The van der Waals surface area contributed by atoms with Crippen LogP contribution in [0.15, 0.2) is 84.2 Å². The van der Waals surface area contributed by atoms with Crippen molar-refractivity contribution in [3.05, 3.63) is 112 Å². The van der Waals surface area contributed by atoms with Crippen LogP contribution < -0.4 is 15.0 Å². The lowest BCUT2D eigenvalue weighted by atomic mass is 9.73. The number of fused-ring (bicyclic) bond motifs is 1. The molecule has 2 aliphatic rings. The second-order valence-electron chi connectivity index (χ2n) is 11.7. The Labute approximate surface area is 253 Å². The lowest BCUT2D eigenvalue weighted by Crippen LogP contribution is -2.40. The zero-order valence-electron chi connectivity index (χ0n) is 23.9. The molecule has 0 bridgehead atoms. The number of phenols is 1. The number of aryl methyl sites for hydroxylation is 1. The summed E-state index contributed by atoms with van der Waals surface area (Å²) in [5.74, 6) is -1.38. The molecule has 0 saturated carbocycles. The molecular formula is C33H30ClFN4O4. The second kappa shape index (κ2) is 10.9. The number of halogens is 2. The van der Waals surface area contributed by atoms with Crippen LogP contribution in [-0.4, -0.2) is 26.6 Å². The van der Waals surface area contributed by atoms with Crippen LogP contribution in [0.5, 0.6) is 11.5 Å². The van der Waals surface area contributed by atoms with E-state index in [9.17, 15) is 14.7 Å². The summed E-state index contributed by atoms with van der Waals surface area (Å²) >= 11 is 6.43. The quantitative estimate of drug-likeness (QED) is 0.241. The van der Waals surface area contributed by atoms with Gasteiger partial charge < -0.3 is 15.2 Å². The second-order valence-corrected chi connectivity index (χ2v) is 12.1. The molecular weight excluding hydrogens is 571 g/mol. The monoisotopic (exact) mass is 600 g/mol. The molecule has 6 rings (SSSR count). The Balaban J connectivity index is 1.53. The van der Waals surface area contributed by atoms with E-state index in [4.69, 9.17) is 16.3 Å². The van der Waals surface area contributed by atoms with Gasteiger partial charge in [-0.3, -0.25) is 19.2 Å². The molecule has 0 saturated heterocycles. The highest BCUT2D eigenvalue weighted by Crippen LogP contribution is 2.51. The third kappa shape index (κ3) is 5.36. The Morgan fingerprint density at radius 2 is 1.91 bits per heavy atom. The summed E-state index contributed by atoms with van der Waals surface area (Å²) in [4.78, 5) is 29.6. The fourth-order valence-corrected chi connectivity index (χ4v) is 6.10. The Morgan fingerprint density at radius 1 is 1.14 bits per heavy atom. The minimum atomic E-state index is -1.19. The Kier molecular flexibility index (Phi) is 7.22. The number of para-hydroxylation sites is 1. The molecule has 1 unspecified atom stereocenters. The Hall–Kier alpha value is -4.63. The molecule has 1 atom stereocenters. The van der Waals surface area contributed by atoms with E-state index in [1.54, 1.807) is 25.2 Å². The molecule has 10 heteroatoms. The molecule has 0 radical (unpaired) electrons. The van der Waals surface area contributed by atoms with Crippen LogP contribution in [0.2, 0.25) is 5.02 Å². The number of aromatic hydroxyl groups is 1. The predicted octanol–water partition coefficient (Wildman–Crippen LogP) is 6.95. The van der Waals surface area contributed by atoms with E-state index in [2.05, 4.69) is 10.4 Å². The van der Waals surface area contributed by atoms with Crippen molar-refractivity contribution in [3.8, 4) is 11.5 Å². The molecule has 8 nitrogen and oxygen atoms in total. The third-order valence-electron chi connectivity index (χ3n) is 7.73. The van der Waals surface area contributed by atoms with Crippen LogP contribution >= 0.6 is 11.6 Å². The lowest BCUT2D eigenvalue weighted by Gasteiger charge is -2.37. The fourth-order valence-electron chi connectivity index (χ4n) is 5.84. The largest absolute Gasteiger partial charge is 0.506 e. The molecule has 3 aromatic carbocycles. The number of carbonyl (C=O) groups excluding carboxylic acids is 2. The highest BCUT2D eigenvalue weighted by molar-refractivity contribution is 6.34. The van der Waals surface area contributed by atoms with Gasteiger partial charge in [0.25, 0.3) is 5.91 Å². The number of hydrogen-bond donors (Lipinski definition) is 2. The molecule has 220 valence electrons. The summed E-state index contributed by atoms with van der Waals surface area (Å²) in [5.41, 5.74) is 1.77. The zero-order valence-corrected chi connectivity index (χ0v) is 24.7. The summed E-state index contributed by atoms with van der Waals surface area (Å²) in [6, 6.07) is 17.4. The normalized spacial score (nSPS) is 17.6. The topological polar surface area (TPSA) is 96.7 Å². The van der Waals surface area contributed by atoms with Crippen molar-refractivity contribution in [1.82, 2.24) is 9.78 Å². The molecule has 1 aromatic heterocycles. The number of nitrogens with zero attached hydrogens (tertiary/aromatic N) is 3. The van der Waals surface area contributed by atoms with E-state index in [0.29, 0.717) is 17.9 Å². The number of Topliss-reactive ketones (excluding diaryl/α,β-unsaturated/α-hetero) is 1. The van der Waals surface area contributed by atoms with Crippen LogP contribution in [0.1, 0.15) is 54.3 Å². The first-order chi connectivity index (χ1) is 20.5. The fraction of sp³-hybridized carbons (Fsp3) is 0.242. The minimum Gasteiger partial charge on any atom is -0.506 e. The minimum absolute atomic E-state index is 0.0701. The maximum Gasteiger partial charge on any atom is 0.281 e. The van der Waals surface area contributed by atoms with Gasteiger partial charge in [-0.05, 0) is 41.7 Å².